The molecule has 0 heterocycles. The smallest absolute Gasteiger partial charge is 0.336 e. The molecule has 0 radical (unpaired) electrons. The lowest BCUT2D eigenvalue weighted by Crippen LogP contribution is -2.26. The van der Waals surface area contributed by atoms with Gasteiger partial charge in [-0.25, -0.2) is 4.79 Å². The maximum atomic E-state index is 11.1. The van der Waals surface area contributed by atoms with Crippen molar-refractivity contribution in [2.45, 2.75) is 52.0 Å². The van der Waals surface area contributed by atoms with Gasteiger partial charge in [0.1, 0.15) is 0 Å². The van der Waals surface area contributed by atoms with Gasteiger partial charge >= 0.3 is 5.97 Å². The highest BCUT2D eigenvalue weighted by molar-refractivity contribution is 5.91. The van der Waals surface area contributed by atoms with Crippen LogP contribution >= 0.6 is 0 Å². The number of carboxylic acid groups (broad SMARTS) is 1. The fraction of sp³-hybridized carbons (Fsp3) is 0.562. The fourth-order valence-electron chi connectivity index (χ4n) is 2.96. The Morgan fingerprint density at radius 3 is 2.58 bits per heavy atom. The van der Waals surface area contributed by atoms with Crippen molar-refractivity contribution < 1.29 is 9.90 Å². The zero-order valence-electron chi connectivity index (χ0n) is 11.8. The number of aromatic carboxylic acids is 1. The van der Waals surface area contributed by atoms with Crippen LogP contribution in [-0.2, 0) is 0 Å². The standard InChI is InChI=1S/C16H23NO2/c1-3-12-7-9-13(10-8-12)17-15-6-4-5-14(11(15)2)16(18)19/h4-6,12-13,17H,3,7-10H2,1-2H3,(H,18,19). The normalized spacial score (nSPS) is 23.1. The molecule has 1 aliphatic rings. The molecule has 0 unspecified atom stereocenters. The number of hydrogen-bond donors (Lipinski definition) is 2. The number of carbonyl (C=O) groups is 1. The lowest BCUT2D eigenvalue weighted by Gasteiger charge is -2.29. The zero-order chi connectivity index (χ0) is 13.8. The van der Waals surface area contributed by atoms with E-state index in [4.69, 9.17) is 5.11 Å². The Labute approximate surface area is 115 Å². The summed E-state index contributed by atoms with van der Waals surface area (Å²) in [5.74, 6) is 0.0281. The molecule has 0 bridgehead atoms. The van der Waals surface area contributed by atoms with Crippen LogP contribution in [0.2, 0.25) is 0 Å². The van der Waals surface area contributed by atoms with E-state index in [1.54, 1.807) is 6.07 Å². The van der Waals surface area contributed by atoms with Gasteiger partial charge < -0.3 is 10.4 Å². The maximum absolute atomic E-state index is 11.1. The van der Waals surface area contributed by atoms with E-state index in [0.29, 0.717) is 11.6 Å². The zero-order valence-corrected chi connectivity index (χ0v) is 11.8. The Kier molecular flexibility index (Phi) is 4.46. The fourth-order valence-corrected chi connectivity index (χ4v) is 2.96. The molecule has 0 aromatic heterocycles. The van der Waals surface area contributed by atoms with Crippen LogP contribution in [-0.4, -0.2) is 17.1 Å². The van der Waals surface area contributed by atoms with Gasteiger partial charge in [-0.3, -0.25) is 0 Å². The molecule has 1 fully saturated rings. The second kappa shape index (κ2) is 6.09. The molecule has 1 aliphatic carbocycles. The third-order valence-electron chi connectivity index (χ3n) is 4.35. The summed E-state index contributed by atoms with van der Waals surface area (Å²) in [5.41, 5.74) is 2.21. The van der Waals surface area contributed by atoms with Crippen molar-refractivity contribution in [3.63, 3.8) is 0 Å². The van der Waals surface area contributed by atoms with E-state index >= 15 is 0 Å². The molecule has 1 saturated carbocycles. The Bertz CT molecular complexity index is 448. The Hall–Kier alpha value is -1.51. The molecule has 2 N–H and O–H groups in total. The first-order valence-corrected chi connectivity index (χ1v) is 7.21. The van der Waals surface area contributed by atoms with E-state index < -0.39 is 5.97 Å². The first kappa shape index (κ1) is 13.9. The van der Waals surface area contributed by atoms with Crippen LogP contribution in [0.4, 0.5) is 5.69 Å². The second-order valence-corrected chi connectivity index (χ2v) is 5.55. The highest BCUT2D eigenvalue weighted by atomic mass is 16.4. The average molecular weight is 261 g/mol. The van der Waals surface area contributed by atoms with Crippen molar-refractivity contribution in [1.82, 2.24) is 0 Å². The van der Waals surface area contributed by atoms with Crippen LogP contribution in [0.1, 0.15) is 54.9 Å². The summed E-state index contributed by atoms with van der Waals surface area (Å²) in [5, 5.41) is 12.7. The van der Waals surface area contributed by atoms with E-state index in [1.165, 1.54) is 32.1 Å². The van der Waals surface area contributed by atoms with Gasteiger partial charge in [0.15, 0.2) is 0 Å². The third kappa shape index (κ3) is 3.28. The highest BCUT2D eigenvalue weighted by Gasteiger charge is 2.20. The molecule has 1 aromatic carbocycles. The molecule has 2 rings (SSSR count). The topological polar surface area (TPSA) is 49.3 Å². The van der Waals surface area contributed by atoms with Crippen molar-refractivity contribution in [2.75, 3.05) is 5.32 Å². The van der Waals surface area contributed by atoms with Crippen LogP contribution in [0, 0.1) is 12.8 Å². The van der Waals surface area contributed by atoms with E-state index in [-0.39, 0.29) is 0 Å². The summed E-state index contributed by atoms with van der Waals surface area (Å²) < 4.78 is 0. The number of hydrogen-bond acceptors (Lipinski definition) is 2. The Morgan fingerprint density at radius 1 is 1.32 bits per heavy atom. The SMILES string of the molecule is CCC1CCC(Nc2cccc(C(=O)O)c2C)CC1. The summed E-state index contributed by atoms with van der Waals surface area (Å²) in [6.45, 7) is 4.14. The highest BCUT2D eigenvalue weighted by Crippen LogP contribution is 2.29. The summed E-state index contributed by atoms with van der Waals surface area (Å²) >= 11 is 0. The minimum atomic E-state index is -0.851. The van der Waals surface area contributed by atoms with Gasteiger partial charge in [-0.05, 0) is 56.2 Å². The van der Waals surface area contributed by atoms with E-state index in [2.05, 4.69) is 12.2 Å². The molecule has 3 nitrogen and oxygen atoms in total. The number of nitrogens with one attached hydrogen (secondary N) is 1. The second-order valence-electron chi connectivity index (χ2n) is 5.55. The number of benzene rings is 1. The molecular formula is C16H23NO2. The molecule has 0 amide bonds. The first-order chi connectivity index (χ1) is 9.11. The van der Waals surface area contributed by atoms with Gasteiger partial charge in [-0.2, -0.15) is 0 Å². The minimum absolute atomic E-state index is 0.396. The van der Waals surface area contributed by atoms with Crippen molar-refractivity contribution >= 4 is 11.7 Å². The predicted molar refractivity (Wildman–Crippen MR) is 77.8 cm³/mol. The molecule has 3 heteroatoms. The molecule has 104 valence electrons. The van der Waals surface area contributed by atoms with Gasteiger partial charge in [0.2, 0.25) is 0 Å². The van der Waals surface area contributed by atoms with E-state index in [9.17, 15) is 4.79 Å². The average Bonchev–Trinajstić information content (AvgIpc) is 2.41. The maximum Gasteiger partial charge on any atom is 0.336 e. The minimum Gasteiger partial charge on any atom is -0.478 e. The van der Waals surface area contributed by atoms with Crippen molar-refractivity contribution in [1.29, 1.82) is 0 Å². The van der Waals surface area contributed by atoms with Crippen LogP contribution < -0.4 is 5.32 Å². The molecule has 0 aliphatic heterocycles. The molecule has 1 aromatic rings. The summed E-state index contributed by atoms with van der Waals surface area (Å²) in [7, 11) is 0. The van der Waals surface area contributed by atoms with Crippen LogP contribution in [0.5, 0.6) is 0 Å². The van der Waals surface area contributed by atoms with E-state index in [1.807, 2.05) is 19.1 Å². The monoisotopic (exact) mass is 261 g/mol. The quantitative estimate of drug-likeness (QED) is 0.858. The van der Waals surface area contributed by atoms with Gasteiger partial charge in [0, 0.05) is 11.7 Å². The molecule has 0 spiro atoms. The van der Waals surface area contributed by atoms with Gasteiger partial charge in [-0.1, -0.05) is 19.4 Å². The first-order valence-electron chi connectivity index (χ1n) is 7.21. The molecule has 0 saturated heterocycles. The summed E-state index contributed by atoms with van der Waals surface area (Å²) in [6, 6.07) is 5.95. The van der Waals surface area contributed by atoms with Crippen molar-refractivity contribution in [3.05, 3.63) is 29.3 Å². The van der Waals surface area contributed by atoms with Crippen molar-refractivity contribution in [2.24, 2.45) is 5.92 Å². The Balaban J connectivity index is 2.04. The summed E-state index contributed by atoms with van der Waals surface area (Å²) in [6.07, 6.45) is 6.22. The third-order valence-corrected chi connectivity index (χ3v) is 4.35. The molecule has 19 heavy (non-hydrogen) atoms. The lowest BCUT2D eigenvalue weighted by molar-refractivity contribution is 0.0696. The molecule has 0 atom stereocenters. The van der Waals surface area contributed by atoms with Gasteiger partial charge in [0.25, 0.3) is 0 Å². The Morgan fingerprint density at radius 2 is 2.00 bits per heavy atom. The van der Waals surface area contributed by atoms with E-state index in [0.717, 1.165) is 17.2 Å². The molecular weight excluding hydrogens is 238 g/mol. The van der Waals surface area contributed by atoms with Crippen LogP contribution in [0.25, 0.3) is 0 Å². The van der Waals surface area contributed by atoms with Gasteiger partial charge in [0.05, 0.1) is 5.56 Å². The van der Waals surface area contributed by atoms with Crippen molar-refractivity contribution in [3.8, 4) is 0 Å². The van der Waals surface area contributed by atoms with Crippen LogP contribution in [0.15, 0.2) is 18.2 Å². The number of anilines is 1. The van der Waals surface area contributed by atoms with Crippen LogP contribution in [0.3, 0.4) is 0 Å². The van der Waals surface area contributed by atoms with Gasteiger partial charge in [-0.15, -0.1) is 0 Å². The predicted octanol–water partition coefficient (Wildman–Crippen LogP) is 4.07. The number of carboxylic acids is 1. The largest absolute Gasteiger partial charge is 0.478 e. The lowest BCUT2D eigenvalue weighted by atomic mass is 9.84. The number of rotatable bonds is 4. The summed E-state index contributed by atoms with van der Waals surface area (Å²) in [4.78, 5) is 11.1.